The summed E-state index contributed by atoms with van der Waals surface area (Å²) in [6.07, 6.45) is 1.78. The van der Waals surface area contributed by atoms with Crippen molar-refractivity contribution in [2.45, 2.75) is 45.3 Å². The third kappa shape index (κ3) is 10.3. The second-order valence-corrected chi connectivity index (χ2v) is 4.43. The second-order valence-electron chi connectivity index (χ2n) is 4.43. The molecule has 0 aliphatic rings. The van der Waals surface area contributed by atoms with Crippen LogP contribution in [-0.4, -0.2) is 54.1 Å². The Kier molecular flexibility index (Phi) is 9.82. The summed E-state index contributed by atoms with van der Waals surface area (Å²) in [6.45, 7) is 4.73. The minimum atomic E-state index is -1.16. The van der Waals surface area contributed by atoms with E-state index < -0.39 is 18.0 Å². The van der Waals surface area contributed by atoms with Gasteiger partial charge in [0.2, 0.25) is 0 Å². The fourth-order valence-corrected chi connectivity index (χ4v) is 1.34. The molecular formula is C12H24N2O5. The molecular weight excluding hydrogens is 252 g/mol. The van der Waals surface area contributed by atoms with E-state index in [4.69, 9.17) is 14.9 Å². The van der Waals surface area contributed by atoms with E-state index in [1.807, 2.05) is 13.8 Å². The SMILES string of the molecule is CC(C)OCCCCNC(=O)NC(CCO)C(=O)O. The molecule has 0 fully saturated rings. The summed E-state index contributed by atoms with van der Waals surface area (Å²) in [6, 6.07) is -1.60. The summed E-state index contributed by atoms with van der Waals surface area (Å²) in [5, 5.41) is 22.3. The van der Waals surface area contributed by atoms with Crippen molar-refractivity contribution in [3.05, 3.63) is 0 Å². The van der Waals surface area contributed by atoms with Crippen LogP contribution < -0.4 is 10.6 Å². The van der Waals surface area contributed by atoms with E-state index in [1.54, 1.807) is 0 Å². The fraction of sp³-hybridized carbons (Fsp3) is 0.833. The maximum absolute atomic E-state index is 11.4. The number of hydrogen-bond acceptors (Lipinski definition) is 4. The zero-order chi connectivity index (χ0) is 14.7. The number of carboxylic acid groups (broad SMARTS) is 1. The van der Waals surface area contributed by atoms with Crippen LogP contribution in [-0.2, 0) is 9.53 Å². The van der Waals surface area contributed by atoms with Gasteiger partial charge < -0.3 is 25.6 Å². The first-order valence-corrected chi connectivity index (χ1v) is 6.47. The average molecular weight is 276 g/mol. The van der Waals surface area contributed by atoms with Gasteiger partial charge in [-0.1, -0.05) is 0 Å². The molecule has 0 aromatic heterocycles. The highest BCUT2D eigenvalue weighted by Gasteiger charge is 2.18. The Hall–Kier alpha value is -1.34. The molecule has 4 N–H and O–H groups in total. The highest BCUT2D eigenvalue weighted by molar-refractivity contribution is 5.82. The van der Waals surface area contributed by atoms with Crippen LogP contribution in [0.15, 0.2) is 0 Å². The quantitative estimate of drug-likeness (QED) is 0.430. The largest absolute Gasteiger partial charge is 0.480 e. The third-order valence-electron chi connectivity index (χ3n) is 2.33. The first kappa shape index (κ1) is 17.7. The standard InChI is InChI=1S/C12H24N2O5/c1-9(2)19-8-4-3-6-13-12(18)14-10(5-7-15)11(16)17/h9-10,15H,3-8H2,1-2H3,(H,16,17)(H2,13,14,18). The van der Waals surface area contributed by atoms with Gasteiger partial charge in [0.05, 0.1) is 6.10 Å². The Morgan fingerprint density at radius 3 is 2.47 bits per heavy atom. The zero-order valence-electron chi connectivity index (χ0n) is 11.5. The van der Waals surface area contributed by atoms with Crippen LogP contribution in [0.3, 0.4) is 0 Å². The van der Waals surface area contributed by atoms with Crippen LogP contribution in [0.1, 0.15) is 33.1 Å². The van der Waals surface area contributed by atoms with Crippen LogP contribution >= 0.6 is 0 Å². The Balaban J connectivity index is 3.65. The van der Waals surface area contributed by atoms with E-state index in [0.29, 0.717) is 13.2 Å². The van der Waals surface area contributed by atoms with Gasteiger partial charge in [0, 0.05) is 26.2 Å². The number of ether oxygens (including phenoxy) is 1. The van der Waals surface area contributed by atoms with Crippen molar-refractivity contribution < 1.29 is 24.5 Å². The molecule has 112 valence electrons. The first-order chi connectivity index (χ1) is 8.97. The van der Waals surface area contributed by atoms with Crippen LogP contribution in [0.4, 0.5) is 4.79 Å². The van der Waals surface area contributed by atoms with Crippen molar-refractivity contribution in [1.82, 2.24) is 10.6 Å². The number of aliphatic hydroxyl groups excluding tert-OH is 1. The molecule has 0 spiro atoms. The molecule has 7 nitrogen and oxygen atoms in total. The lowest BCUT2D eigenvalue weighted by atomic mass is 10.2. The third-order valence-corrected chi connectivity index (χ3v) is 2.33. The Labute approximate surface area is 113 Å². The molecule has 1 unspecified atom stereocenters. The molecule has 0 aromatic rings. The van der Waals surface area contributed by atoms with Crippen LogP contribution in [0.2, 0.25) is 0 Å². The number of hydrogen-bond donors (Lipinski definition) is 4. The van der Waals surface area contributed by atoms with E-state index in [1.165, 1.54) is 0 Å². The topological polar surface area (TPSA) is 108 Å². The van der Waals surface area contributed by atoms with E-state index in [2.05, 4.69) is 10.6 Å². The smallest absolute Gasteiger partial charge is 0.326 e. The Bertz CT molecular complexity index is 271. The lowest BCUT2D eigenvalue weighted by molar-refractivity contribution is -0.139. The number of rotatable bonds is 10. The summed E-state index contributed by atoms with van der Waals surface area (Å²) in [5.74, 6) is -1.16. The highest BCUT2D eigenvalue weighted by atomic mass is 16.5. The van der Waals surface area contributed by atoms with Crippen LogP contribution in [0.25, 0.3) is 0 Å². The van der Waals surface area contributed by atoms with Crippen LogP contribution in [0.5, 0.6) is 0 Å². The minimum absolute atomic E-state index is 0.00895. The van der Waals surface area contributed by atoms with Gasteiger partial charge in [-0.05, 0) is 26.7 Å². The molecule has 1 atom stereocenters. The molecule has 0 saturated carbocycles. The van der Waals surface area contributed by atoms with Gasteiger partial charge in [-0.3, -0.25) is 0 Å². The average Bonchev–Trinajstić information content (AvgIpc) is 2.32. The van der Waals surface area contributed by atoms with E-state index >= 15 is 0 Å². The predicted molar refractivity (Wildman–Crippen MR) is 70.0 cm³/mol. The molecule has 0 rings (SSSR count). The number of carbonyl (C=O) groups excluding carboxylic acids is 1. The lowest BCUT2D eigenvalue weighted by Crippen LogP contribution is -2.46. The van der Waals surface area contributed by atoms with Gasteiger partial charge in [-0.15, -0.1) is 0 Å². The second kappa shape index (κ2) is 10.6. The van der Waals surface area contributed by atoms with Crippen molar-refractivity contribution in [3.8, 4) is 0 Å². The van der Waals surface area contributed by atoms with E-state index in [-0.39, 0.29) is 19.1 Å². The molecule has 0 heterocycles. The van der Waals surface area contributed by atoms with Crippen molar-refractivity contribution in [3.63, 3.8) is 0 Å². The summed E-state index contributed by atoms with van der Waals surface area (Å²) < 4.78 is 5.34. The van der Waals surface area contributed by atoms with Gasteiger partial charge in [0.15, 0.2) is 0 Å². The number of carbonyl (C=O) groups is 2. The molecule has 0 saturated heterocycles. The number of urea groups is 1. The summed E-state index contributed by atoms with van der Waals surface area (Å²) in [4.78, 5) is 22.1. The number of carboxylic acids is 1. The highest BCUT2D eigenvalue weighted by Crippen LogP contribution is 1.94. The number of amides is 2. The molecule has 0 aromatic carbocycles. The zero-order valence-corrected chi connectivity index (χ0v) is 11.5. The van der Waals surface area contributed by atoms with Gasteiger partial charge in [-0.25, -0.2) is 9.59 Å². The summed E-state index contributed by atoms with van der Waals surface area (Å²) >= 11 is 0. The number of aliphatic carboxylic acids is 1. The van der Waals surface area contributed by atoms with Gasteiger partial charge in [-0.2, -0.15) is 0 Å². The molecule has 19 heavy (non-hydrogen) atoms. The minimum Gasteiger partial charge on any atom is -0.480 e. The van der Waals surface area contributed by atoms with Crippen molar-refractivity contribution in [2.75, 3.05) is 19.8 Å². The van der Waals surface area contributed by atoms with Crippen LogP contribution in [0, 0.1) is 0 Å². The summed E-state index contributed by atoms with van der Waals surface area (Å²) in [7, 11) is 0. The Morgan fingerprint density at radius 2 is 1.95 bits per heavy atom. The normalized spacial score (nSPS) is 12.2. The molecule has 2 amide bonds. The van der Waals surface area contributed by atoms with Crippen molar-refractivity contribution >= 4 is 12.0 Å². The Morgan fingerprint density at radius 1 is 1.26 bits per heavy atom. The predicted octanol–water partition coefficient (Wildman–Crippen LogP) is 0.326. The number of aliphatic hydroxyl groups is 1. The summed E-state index contributed by atoms with van der Waals surface area (Å²) in [5.41, 5.74) is 0. The van der Waals surface area contributed by atoms with Gasteiger partial charge in [0.1, 0.15) is 6.04 Å². The monoisotopic (exact) mass is 276 g/mol. The maximum atomic E-state index is 11.4. The molecule has 0 bridgehead atoms. The number of unbranched alkanes of at least 4 members (excludes halogenated alkanes) is 1. The van der Waals surface area contributed by atoms with E-state index in [0.717, 1.165) is 12.8 Å². The molecule has 0 aliphatic carbocycles. The molecule has 0 aliphatic heterocycles. The van der Waals surface area contributed by atoms with Crippen molar-refractivity contribution in [1.29, 1.82) is 0 Å². The lowest BCUT2D eigenvalue weighted by Gasteiger charge is -2.14. The van der Waals surface area contributed by atoms with Gasteiger partial charge in [0.25, 0.3) is 0 Å². The van der Waals surface area contributed by atoms with E-state index in [9.17, 15) is 9.59 Å². The van der Waals surface area contributed by atoms with Gasteiger partial charge >= 0.3 is 12.0 Å². The first-order valence-electron chi connectivity index (χ1n) is 6.47. The molecule has 0 radical (unpaired) electrons. The molecule has 7 heteroatoms. The van der Waals surface area contributed by atoms with Crippen molar-refractivity contribution in [2.24, 2.45) is 0 Å². The fourth-order valence-electron chi connectivity index (χ4n) is 1.34. The maximum Gasteiger partial charge on any atom is 0.326 e. The number of nitrogens with one attached hydrogen (secondary N) is 2.